The summed E-state index contributed by atoms with van der Waals surface area (Å²) in [7, 11) is 0. The number of hydrogen-bond acceptors (Lipinski definition) is 3. The molecule has 0 saturated heterocycles. The highest BCUT2D eigenvalue weighted by Crippen LogP contribution is 2.39. The molecule has 4 nitrogen and oxygen atoms in total. The number of aromatic amines is 1. The van der Waals surface area contributed by atoms with Crippen LogP contribution in [0.5, 0.6) is 0 Å². The predicted octanol–water partition coefficient (Wildman–Crippen LogP) is 4.58. The predicted molar refractivity (Wildman–Crippen MR) is 93.7 cm³/mol. The summed E-state index contributed by atoms with van der Waals surface area (Å²) in [4.78, 5) is 12.8. The first kappa shape index (κ1) is 17.4. The highest BCUT2D eigenvalue weighted by atomic mass is 35.5. The second kappa shape index (κ2) is 6.28. The van der Waals surface area contributed by atoms with E-state index in [0.717, 1.165) is 47.6 Å². The third kappa shape index (κ3) is 3.07. The summed E-state index contributed by atoms with van der Waals surface area (Å²) in [6.07, 6.45) is -0.419. The Bertz CT molecular complexity index is 995. The van der Waals surface area contributed by atoms with E-state index in [2.05, 4.69) is 15.5 Å². The first-order chi connectivity index (χ1) is 12.3. The summed E-state index contributed by atoms with van der Waals surface area (Å²) < 4.78 is 39.0. The van der Waals surface area contributed by atoms with Gasteiger partial charge in [0.2, 0.25) is 0 Å². The molecular weight excluding hydrogens is 387 g/mol. The van der Waals surface area contributed by atoms with Gasteiger partial charge in [0.05, 0.1) is 16.8 Å². The van der Waals surface area contributed by atoms with Crippen LogP contribution in [0.2, 0.25) is 5.02 Å². The molecule has 26 heavy (non-hydrogen) atoms. The average Bonchev–Trinajstić information content (AvgIpc) is 3.18. The van der Waals surface area contributed by atoms with Crippen molar-refractivity contribution in [2.45, 2.75) is 31.5 Å². The van der Waals surface area contributed by atoms with Gasteiger partial charge in [0.1, 0.15) is 4.88 Å². The fourth-order valence-electron chi connectivity index (χ4n) is 3.17. The van der Waals surface area contributed by atoms with Crippen molar-refractivity contribution in [3.05, 3.63) is 51.1 Å². The minimum Gasteiger partial charge on any atom is -0.348 e. The van der Waals surface area contributed by atoms with E-state index in [-0.39, 0.29) is 21.8 Å². The Morgan fingerprint density at radius 3 is 2.96 bits per heavy atom. The van der Waals surface area contributed by atoms with E-state index in [1.807, 2.05) is 0 Å². The smallest absolute Gasteiger partial charge is 0.348 e. The van der Waals surface area contributed by atoms with Gasteiger partial charge in [0.15, 0.2) is 0 Å². The van der Waals surface area contributed by atoms with Crippen molar-refractivity contribution >= 4 is 38.9 Å². The van der Waals surface area contributed by atoms with Crippen molar-refractivity contribution in [1.29, 1.82) is 0 Å². The van der Waals surface area contributed by atoms with Crippen LogP contribution in [0.1, 0.15) is 32.9 Å². The summed E-state index contributed by atoms with van der Waals surface area (Å²) in [6.45, 7) is 0. The van der Waals surface area contributed by atoms with Crippen LogP contribution in [0.3, 0.4) is 0 Å². The quantitative estimate of drug-likeness (QED) is 0.662. The number of aryl methyl sites for hydroxylation is 1. The van der Waals surface area contributed by atoms with E-state index in [1.165, 1.54) is 6.07 Å². The van der Waals surface area contributed by atoms with Crippen LogP contribution < -0.4 is 5.32 Å². The fraction of sp³-hybridized carbons (Fsp3) is 0.294. The number of carbonyl (C=O) groups is 1. The summed E-state index contributed by atoms with van der Waals surface area (Å²) in [6, 6.07) is 3.25. The molecular formula is C17H13ClF3N3OS. The topological polar surface area (TPSA) is 57.8 Å². The summed E-state index contributed by atoms with van der Waals surface area (Å²) in [5.74, 6) is -0.363. The zero-order valence-electron chi connectivity index (χ0n) is 13.3. The molecule has 136 valence electrons. The number of halogens is 4. The van der Waals surface area contributed by atoms with Crippen molar-refractivity contribution in [3.8, 4) is 0 Å². The van der Waals surface area contributed by atoms with E-state index < -0.39 is 11.7 Å². The number of aromatic nitrogens is 2. The van der Waals surface area contributed by atoms with Crippen LogP contribution in [0.25, 0.3) is 10.1 Å². The maximum atomic E-state index is 12.9. The minimum absolute atomic E-state index is 0.0672. The van der Waals surface area contributed by atoms with Gasteiger partial charge in [0, 0.05) is 28.2 Å². The Morgan fingerprint density at radius 2 is 2.19 bits per heavy atom. The van der Waals surface area contributed by atoms with Crippen LogP contribution in [-0.2, 0) is 19.0 Å². The molecule has 0 spiro atoms. The highest BCUT2D eigenvalue weighted by Gasteiger charge is 2.31. The lowest BCUT2D eigenvalue weighted by Gasteiger charge is -2.22. The van der Waals surface area contributed by atoms with Gasteiger partial charge in [-0.15, -0.1) is 11.3 Å². The SMILES string of the molecule is O=C(NC1CCc2cn[nH]c2C1)c1sc2cc(C(F)(F)F)ccc2c1Cl. The molecule has 2 aromatic heterocycles. The average molecular weight is 400 g/mol. The lowest BCUT2D eigenvalue weighted by Crippen LogP contribution is -2.38. The second-order valence-electron chi connectivity index (χ2n) is 6.24. The number of nitrogens with zero attached hydrogens (tertiary/aromatic N) is 1. The van der Waals surface area contributed by atoms with Gasteiger partial charge in [-0.25, -0.2) is 0 Å². The number of carbonyl (C=O) groups excluding carboxylic acids is 1. The maximum Gasteiger partial charge on any atom is 0.416 e. The Kier molecular flexibility index (Phi) is 4.19. The van der Waals surface area contributed by atoms with Gasteiger partial charge < -0.3 is 5.32 Å². The van der Waals surface area contributed by atoms with Gasteiger partial charge >= 0.3 is 6.18 Å². The van der Waals surface area contributed by atoms with Crippen LogP contribution in [0, 0.1) is 0 Å². The van der Waals surface area contributed by atoms with Gasteiger partial charge in [-0.3, -0.25) is 9.89 Å². The van der Waals surface area contributed by atoms with Crippen molar-refractivity contribution in [2.24, 2.45) is 0 Å². The van der Waals surface area contributed by atoms with E-state index in [4.69, 9.17) is 11.6 Å². The third-order valence-corrected chi connectivity index (χ3v) is 6.17. The molecule has 2 heterocycles. The Labute approximate surface area is 155 Å². The first-order valence-electron chi connectivity index (χ1n) is 7.94. The molecule has 0 radical (unpaired) electrons. The lowest BCUT2D eigenvalue weighted by molar-refractivity contribution is -0.137. The summed E-state index contributed by atoms with van der Waals surface area (Å²) in [5.41, 5.74) is 1.39. The molecule has 4 rings (SSSR count). The zero-order chi connectivity index (χ0) is 18.5. The standard InChI is InChI=1S/C17H13ClF3N3OS/c18-14-11-4-2-9(17(19,20)21)5-13(11)26-15(14)16(25)23-10-3-1-8-7-22-24-12(8)6-10/h2,4-5,7,10H,1,3,6H2,(H,22,24)(H,23,25). The van der Waals surface area contributed by atoms with Gasteiger partial charge in [-0.05, 0) is 30.5 Å². The number of alkyl halides is 3. The minimum atomic E-state index is -4.43. The molecule has 1 amide bonds. The van der Waals surface area contributed by atoms with Crippen molar-refractivity contribution < 1.29 is 18.0 Å². The number of amides is 1. The molecule has 0 fully saturated rings. The van der Waals surface area contributed by atoms with E-state index in [1.54, 1.807) is 6.20 Å². The number of fused-ring (bicyclic) bond motifs is 2. The maximum absolute atomic E-state index is 12.9. The molecule has 0 aliphatic heterocycles. The van der Waals surface area contributed by atoms with Gasteiger partial charge in [0.25, 0.3) is 5.91 Å². The van der Waals surface area contributed by atoms with E-state index in [9.17, 15) is 18.0 Å². The number of H-pyrrole nitrogens is 1. The summed E-state index contributed by atoms with van der Waals surface area (Å²) >= 11 is 7.23. The molecule has 2 N–H and O–H groups in total. The number of thiophene rings is 1. The number of hydrogen-bond donors (Lipinski definition) is 2. The normalized spacial score (nSPS) is 17.3. The number of nitrogens with one attached hydrogen (secondary N) is 2. The molecule has 1 aliphatic carbocycles. The zero-order valence-corrected chi connectivity index (χ0v) is 14.9. The van der Waals surface area contributed by atoms with Crippen LogP contribution in [-0.4, -0.2) is 22.1 Å². The van der Waals surface area contributed by atoms with Crippen LogP contribution in [0.15, 0.2) is 24.4 Å². The molecule has 1 atom stereocenters. The monoisotopic (exact) mass is 399 g/mol. The molecule has 3 aromatic rings. The fourth-order valence-corrected chi connectivity index (χ4v) is 4.63. The summed E-state index contributed by atoms with van der Waals surface area (Å²) in [5, 5.41) is 10.5. The Morgan fingerprint density at radius 1 is 1.38 bits per heavy atom. The molecule has 1 aliphatic rings. The molecule has 0 bridgehead atoms. The number of benzene rings is 1. The first-order valence-corrected chi connectivity index (χ1v) is 9.13. The van der Waals surface area contributed by atoms with Crippen LogP contribution in [0.4, 0.5) is 13.2 Å². The number of rotatable bonds is 2. The molecule has 1 aromatic carbocycles. The van der Waals surface area contributed by atoms with Gasteiger partial charge in [-0.2, -0.15) is 18.3 Å². The molecule has 0 saturated carbocycles. The largest absolute Gasteiger partial charge is 0.416 e. The van der Waals surface area contributed by atoms with Crippen molar-refractivity contribution in [1.82, 2.24) is 15.5 Å². The van der Waals surface area contributed by atoms with Crippen LogP contribution >= 0.6 is 22.9 Å². The molecule has 9 heteroatoms. The van der Waals surface area contributed by atoms with E-state index in [0.29, 0.717) is 16.5 Å². The van der Waals surface area contributed by atoms with E-state index >= 15 is 0 Å². The lowest BCUT2D eigenvalue weighted by atomic mass is 9.94. The van der Waals surface area contributed by atoms with Crippen molar-refractivity contribution in [3.63, 3.8) is 0 Å². The van der Waals surface area contributed by atoms with Crippen molar-refractivity contribution in [2.75, 3.05) is 0 Å². The Balaban J connectivity index is 1.58. The molecule has 1 unspecified atom stereocenters. The highest BCUT2D eigenvalue weighted by molar-refractivity contribution is 7.21. The third-order valence-electron chi connectivity index (χ3n) is 4.52. The second-order valence-corrected chi connectivity index (χ2v) is 7.67. The Hall–Kier alpha value is -2.06. The van der Waals surface area contributed by atoms with Gasteiger partial charge in [-0.1, -0.05) is 17.7 Å².